The van der Waals surface area contributed by atoms with E-state index in [-0.39, 0.29) is 17.3 Å². The average molecular weight is 496 g/mol. The molecule has 3 aliphatic rings. The zero-order chi connectivity index (χ0) is 26.0. The van der Waals surface area contributed by atoms with Gasteiger partial charge < -0.3 is 4.90 Å². The highest BCUT2D eigenvalue weighted by molar-refractivity contribution is 6.32. The van der Waals surface area contributed by atoms with Crippen molar-refractivity contribution in [2.45, 2.75) is 24.9 Å². The Bertz CT molecular complexity index is 1620. The summed E-state index contributed by atoms with van der Waals surface area (Å²) in [6, 6.07) is 30.7. The smallest absolute Gasteiger partial charge is 0.185 e. The predicted molar refractivity (Wildman–Crippen MR) is 148 cm³/mol. The molecule has 4 nitrogen and oxygen atoms in total. The molecule has 0 aromatic heterocycles. The minimum Gasteiger partial charge on any atom is -0.352 e. The van der Waals surface area contributed by atoms with Crippen LogP contribution in [0, 0.1) is 12.3 Å². The van der Waals surface area contributed by atoms with Crippen LogP contribution in [0.4, 0.5) is 5.69 Å². The minimum absolute atomic E-state index is 0.0975. The number of carbonyl (C=O) groups is 3. The Kier molecular flexibility index (Phi) is 4.89. The lowest BCUT2D eigenvalue weighted by atomic mass is 9.64. The number of aryl methyl sites for hydroxylation is 1. The predicted octanol–water partition coefficient (Wildman–Crippen LogP) is 6.31. The van der Waals surface area contributed by atoms with E-state index in [1.807, 2.05) is 91.9 Å². The third-order valence-electron chi connectivity index (χ3n) is 8.44. The number of nitrogens with zero attached hydrogens (tertiary/aromatic N) is 1. The summed E-state index contributed by atoms with van der Waals surface area (Å²) in [5, 5.41) is 0. The van der Waals surface area contributed by atoms with Gasteiger partial charge in [-0.2, -0.15) is 0 Å². The van der Waals surface area contributed by atoms with Crippen LogP contribution in [-0.4, -0.2) is 29.4 Å². The molecular weight excluding hydrogens is 470 g/mol. The van der Waals surface area contributed by atoms with E-state index in [0.717, 1.165) is 22.4 Å². The van der Waals surface area contributed by atoms with Gasteiger partial charge in [-0.25, -0.2) is 0 Å². The van der Waals surface area contributed by atoms with Crippen molar-refractivity contribution in [1.82, 2.24) is 0 Å². The summed E-state index contributed by atoms with van der Waals surface area (Å²) in [5.74, 6) is -1.18. The van der Waals surface area contributed by atoms with E-state index in [9.17, 15) is 14.4 Å². The molecule has 184 valence electrons. The second-order valence-electron chi connectivity index (χ2n) is 10.4. The summed E-state index contributed by atoms with van der Waals surface area (Å²) in [6.45, 7) is 2.03. The van der Waals surface area contributed by atoms with Gasteiger partial charge in [0.15, 0.2) is 17.3 Å². The summed E-state index contributed by atoms with van der Waals surface area (Å²) in [5.41, 5.74) is 3.74. The molecule has 4 heteroatoms. The number of rotatable bonds is 3. The summed E-state index contributed by atoms with van der Waals surface area (Å²) in [4.78, 5) is 45.7. The second kappa shape index (κ2) is 8.22. The van der Waals surface area contributed by atoms with Gasteiger partial charge in [0.25, 0.3) is 0 Å². The Morgan fingerprint density at radius 1 is 0.763 bits per heavy atom. The van der Waals surface area contributed by atoms with Crippen LogP contribution in [0.3, 0.4) is 0 Å². The molecule has 1 saturated heterocycles. The zero-order valence-corrected chi connectivity index (χ0v) is 20.9. The molecule has 1 spiro atoms. The summed E-state index contributed by atoms with van der Waals surface area (Å²) >= 11 is 0. The van der Waals surface area contributed by atoms with E-state index in [4.69, 9.17) is 0 Å². The molecule has 7 rings (SSSR count). The van der Waals surface area contributed by atoms with Crippen LogP contribution in [0.25, 0.3) is 6.08 Å². The molecule has 0 radical (unpaired) electrons. The first-order chi connectivity index (χ1) is 18.5. The highest BCUT2D eigenvalue weighted by atomic mass is 16.2. The molecular formula is C34H25NO3. The van der Waals surface area contributed by atoms with Crippen molar-refractivity contribution < 1.29 is 14.4 Å². The lowest BCUT2D eigenvalue weighted by Gasteiger charge is -2.37. The average Bonchev–Trinajstić information content (AvgIpc) is 3.39. The van der Waals surface area contributed by atoms with Gasteiger partial charge in [-0.3, -0.25) is 14.4 Å². The van der Waals surface area contributed by atoms with E-state index in [0.29, 0.717) is 16.7 Å². The topological polar surface area (TPSA) is 54.5 Å². The number of hydrogen-bond donors (Lipinski definition) is 0. The number of benzene rings is 4. The van der Waals surface area contributed by atoms with E-state index in [2.05, 4.69) is 11.0 Å². The first-order valence-electron chi connectivity index (χ1n) is 12.9. The molecule has 38 heavy (non-hydrogen) atoms. The second-order valence-corrected chi connectivity index (χ2v) is 10.4. The first-order valence-corrected chi connectivity index (χ1v) is 12.9. The van der Waals surface area contributed by atoms with Crippen LogP contribution in [0.2, 0.25) is 0 Å². The molecule has 0 unspecified atom stereocenters. The zero-order valence-electron chi connectivity index (χ0n) is 20.9. The summed E-state index contributed by atoms with van der Waals surface area (Å²) in [6.07, 6.45) is 3.98. The van der Waals surface area contributed by atoms with Crippen molar-refractivity contribution in [2.75, 3.05) is 4.90 Å². The van der Waals surface area contributed by atoms with Gasteiger partial charge in [-0.1, -0.05) is 109 Å². The maximum absolute atomic E-state index is 14.5. The Balaban J connectivity index is 1.55. The Morgan fingerprint density at radius 2 is 1.37 bits per heavy atom. The lowest BCUT2D eigenvalue weighted by molar-refractivity contribution is 0.0666. The Morgan fingerprint density at radius 3 is 2.03 bits per heavy atom. The molecule has 2 aliphatic heterocycles. The number of carbonyl (C=O) groups excluding carboxylic acids is 3. The van der Waals surface area contributed by atoms with E-state index in [1.54, 1.807) is 24.3 Å². The Labute approximate surface area is 221 Å². The highest BCUT2D eigenvalue weighted by Crippen LogP contribution is 2.60. The molecule has 0 amide bonds. The molecule has 1 aliphatic carbocycles. The van der Waals surface area contributed by atoms with Crippen molar-refractivity contribution in [3.63, 3.8) is 0 Å². The van der Waals surface area contributed by atoms with Crippen molar-refractivity contribution >= 4 is 29.1 Å². The van der Waals surface area contributed by atoms with Crippen LogP contribution in [0.5, 0.6) is 0 Å². The third-order valence-corrected chi connectivity index (χ3v) is 8.44. The fourth-order valence-corrected chi connectivity index (χ4v) is 6.90. The molecule has 0 saturated carbocycles. The molecule has 2 heterocycles. The van der Waals surface area contributed by atoms with Gasteiger partial charge in [0.1, 0.15) is 11.5 Å². The third kappa shape index (κ3) is 2.89. The molecule has 0 bridgehead atoms. The van der Waals surface area contributed by atoms with Crippen LogP contribution in [-0.2, 0) is 0 Å². The van der Waals surface area contributed by atoms with Crippen molar-refractivity contribution in [1.29, 1.82) is 0 Å². The van der Waals surface area contributed by atoms with E-state index < -0.39 is 23.4 Å². The fraction of sp³-hybridized carbons (Fsp3) is 0.147. The molecule has 1 fully saturated rings. The van der Waals surface area contributed by atoms with Crippen LogP contribution < -0.4 is 4.90 Å². The van der Waals surface area contributed by atoms with Crippen molar-refractivity contribution in [2.24, 2.45) is 5.41 Å². The van der Waals surface area contributed by atoms with Gasteiger partial charge in [0, 0.05) is 28.3 Å². The maximum Gasteiger partial charge on any atom is 0.185 e. The van der Waals surface area contributed by atoms with Crippen molar-refractivity contribution in [3.8, 4) is 0 Å². The Hall–Kier alpha value is -4.57. The van der Waals surface area contributed by atoms with Gasteiger partial charge in [-0.05, 0) is 30.2 Å². The SMILES string of the molecule is Cc1ccc2c(c1)C=C[C@H]1N2[C@@H](C(=O)c2ccccc2)[C@H](c2ccccc2)C12C(=O)c1ccccc1C2=O. The number of hydrogen-bond acceptors (Lipinski definition) is 4. The quantitative estimate of drug-likeness (QED) is 0.247. The van der Waals surface area contributed by atoms with Crippen LogP contribution in [0.15, 0.2) is 109 Å². The fourth-order valence-electron chi connectivity index (χ4n) is 6.90. The van der Waals surface area contributed by atoms with Crippen molar-refractivity contribution in [3.05, 3.63) is 143 Å². The van der Waals surface area contributed by atoms with Gasteiger partial charge in [0.2, 0.25) is 0 Å². The number of Topliss-reactive ketones (excluding diaryl/α,β-unsaturated/α-hetero) is 3. The van der Waals surface area contributed by atoms with E-state index >= 15 is 0 Å². The minimum atomic E-state index is -1.46. The molecule has 3 atom stereocenters. The summed E-state index contributed by atoms with van der Waals surface area (Å²) < 4.78 is 0. The monoisotopic (exact) mass is 495 g/mol. The maximum atomic E-state index is 14.5. The number of ketones is 3. The lowest BCUT2D eigenvalue weighted by Crippen LogP contribution is -2.48. The molecule has 4 aromatic carbocycles. The molecule has 0 N–H and O–H groups in total. The van der Waals surface area contributed by atoms with Crippen LogP contribution in [0.1, 0.15) is 53.7 Å². The first kappa shape index (κ1) is 22.6. The highest BCUT2D eigenvalue weighted by Gasteiger charge is 2.71. The summed E-state index contributed by atoms with van der Waals surface area (Å²) in [7, 11) is 0. The van der Waals surface area contributed by atoms with Gasteiger partial charge >= 0.3 is 0 Å². The largest absolute Gasteiger partial charge is 0.352 e. The number of fused-ring (bicyclic) bond motifs is 5. The normalized spacial score (nSPS) is 22.3. The van der Waals surface area contributed by atoms with E-state index in [1.165, 1.54) is 0 Å². The van der Waals surface area contributed by atoms with Gasteiger partial charge in [0.05, 0.1) is 6.04 Å². The standard InChI is InChI=1S/C34H25NO3/c1-21-16-18-27-24(20-21)17-19-28-34(32(37)25-14-8-9-15-26(25)33(34)38)29(22-10-4-2-5-11-22)30(35(27)28)31(36)23-12-6-3-7-13-23/h2-20,28-30H,1H3/t28-,29+,30-/m1/s1. The number of anilines is 1. The van der Waals surface area contributed by atoms with Gasteiger partial charge in [-0.15, -0.1) is 0 Å². The molecule has 4 aromatic rings. The van der Waals surface area contributed by atoms with Crippen LogP contribution >= 0.6 is 0 Å².